The lowest BCUT2D eigenvalue weighted by Gasteiger charge is -2.31. The van der Waals surface area contributed by atoms with Crippen LogP contribution in [-0.4, -0.2) is 29.8 Å². The number of anilines is 1. The largest absolute Gasteiger partial charge is 0.342 e. The zero-order chi connectivity index (χ0) is 16.6. The Hall–Kier alpha value is -1.55. The summed E-state index contributed by atoms with van der Waals surface area (Å²) in [5.74, 6) is 0.349. The number of halogens is 1. The van der Waals surface area contributed by atoms with Crippen LogP contribution in [0.3, 0.4) is 0 Å². The predicted molar refractivity (Wildman–Crippen MR) is 91.4 cm³/mol. The Balaban J connectivity index is 1.57. The molecule has 4 nitrogen and oxygen atoms in total. The molecule has 1 saturated carbocycles. The molecule has 0 spiro atoms. The van der Waals surface area contributed by atoms with E-state index in [9.17, 15) is 9.59 Å². The van der Waals surface area contributed by atoms with Crippen LogP contribution in [0.2, 0.25) is 5.02 Å². The third kappa shape index (κ3) is 3.69. The van der Waals surface area contributed by atoms with Crippen LogP contribution in [0, 0.1) is 24.7 Å². The van der Waals surface area contributed by atoms with E-state index < -0.39 is 0 Å². The summed E-state index contributed by atoms with van der Waals surface area (Å²) < 4.78 is 0. The van der Waals surface area contributed by atoms with Gasteiger partial charge < -0.3 is 10.2 Å². The van der Waals surface area contributed by atoms with Gasteiger partial charge in [0.25, 0.3) is 0 Å². The SMILES string of the molecule is Cc1cc(Cl)ccc1NC(=O)C1CC1C(=O)N1CCCC(C)C1. The highest BCUT2D eigenvalue weighted by atomic mass is 35.5. The van der Waals surface area contributed by atoms with Crippen LogP contribution in [0.4, 0.5) is 5.69 Å². The van der Waals surface area contributed by atoms with Crippen LogP contribution < -0.4 is 5.32 Å². The van der Waals surface area contributed by atoms with Crippen LogP contribution in [0.15, 0.2) is 18.2 Å². The highest BCUT2D eigenvalue weighted by Gasteiger charge is 2.49. The van der Waals surface area contributed by atoms with Gasteiger partial charge in [-0.3, -0.25) is 9.59 Å². The van der Waals surface area contributed by atoms with E-state index in [0.29, 0.717) is 17.4 Å². The molecule has 3 unspecified atom stereocenters. The summed E-state index contributed by atoms with van der Waals surface area (Å²) in [5, 5.41) is 3.58. The molecule has 1 N–H and O–H groups in total. The molecular weight excluding hydrogens is 312 g/mol. The van der Waals surface area contributed by atoms with Gasteiger partial charge in [0.05, 0.1) is 11.8 Å². The number of hydrogen-bond acceptors (Lipinski definition) is 2. The highest BCUT2D eigenvalue weighted by molar-refractivity contribution is 6.30. The minimum absolute atomic E-state index is 0.0566. The summed E-state index contributed by atoms with van der Waals surface area (Å²) >= 11 is 5.93. The average molecular weight is 335 g/mol. The molecule has 1 aliphatic carbocycles. The fourth-order valence-corrected chi connectivity index (χ4v) is 3.60. The zero-order valence-electron chi connectivity index (χ0n) is 13.6. The summed E-state index contributed by atoms with van der Waals surface area (Å²) in [4.78, 5) is 26.8. The first-order valence-corrected chi connectivity index (χ1v) is 8.69. The van der Waals surface area contributed by atoms with Crippen LogP contribution in [-0.2, 0) is 9.59 Å². The first-order chi connectivity index (χ1) is 11.0. The van der Waals surface area contributed by atoms with Crippen molar-refractivity contribution in [2.24, 2.45) is 17.8 Å². The second-order valence-corrected chi connectivity index (χ2v) is 7.37. The Morgan fingerprint density at radius 3 is 2.78 bits per heavy atom. The van der Waals surface area contributed by atoms with E-state index in [4.69, 9.17) is 11.6 Å². The average Bonchev–Trinajstić information content (AvgIpc) is 3.30. The maximum absolute atomic E-state index is 12.5. The Kier molecular flexibility index (Phi) is 4.62. The first kappa shape index (κ1) is 16.3. The van der Waals surface area contributed by atoms with Gasteiger partial charge in [-0.15, -0.1) is 0 Å². The third-order valence-corrected chi connectivity index (χ3v) is 5.09. The van der Waals surface area contributed by atoms with Crippen molar-refractivity contribution in [3.63, 3.8) is 0 Å². The number of carbonyl (C=O) groups excluding carboxylic acids is 2. The lowest BCUT2D eigenvalue weighted by Crippen LogP contribution is -2.40. The van der Waals surface area contributed by atoms with Gasteiger partial charge in [0, 0.05) is 23.8 Å². The van der Waals surface area contributed by atoms with Crippen LogP contribution in [0.1, 0.15) is 31.7 Å². The maximum Gasteiger partial charge on any atom is 0.228 e. The van der Waals surface area contributed by atoms with Gasteiger partial charge in [0.15, 0.2) is 0 Å². The van der Waals surface area contributed by atoms with Crippen molar-refractivity contribution in [1.29, 1.82) is 0 Å². The molecule has 2 aliphatic rings. The number of hydrogen-bond donors (Lipinski definition) is 1. The second kappa shape index (κ2) is 6.52. The van der Waals surface area contributed by atoms with Crippen LogP contribution in [0.5, 0.6) is 0 Å². The number of carbonyl (C=O) groups is 2. The van der Waals surface area contributed by atoms with Crippen molar-refractivity contribution < 1.29 is 9.59 Å². The fourth-order valence-electron chi connectivity index (χ4n) is 3.37. The van der Waals surface area contributed by atoms with Crippen LogP contribution in [0.25, 0.3) is 0 Å². The van der Waals surface area contributed by atoms with E-state index in [0.717, 1.165) is 30.8 Å². The van der Waals surface area contributed by atoms with Crippen molar-refractivity contribution in [1.82, 2.24) is 4.90 Å². The van der Waals surface area contributed by atoms with E-state index in [1.165, 1.54) is 6.42 Å². The van der Waals surface area contributed by atoms with Crippen molar-refractivity contribution in [3.8, 4) is 0 Å². The molecule has 1 heterocycles. The number of benzene rings is 1. The van der Waals surface area contributed by atoms with E-state index in [2.05, 4.69) is 12.2 Å². The third-order valence-electron chi connectivity index (χ3n) is 4.86. The van der Waals surface area contributed by atoms with Gasteiger partial charge in [-0.1, -0.05) is 18.5 Å². The molecule has 3 rings (SSSR count). The van der Waals surface area contributed by atoms with Crippen molar-refractivity contribution in [2.75, 3.05) is 18.4 Å². The number of likely N-dealkylation sites (tertiary alicyclic amines) is 1. The number of amides is 2. The molecule has 2 amide bonds. The van der Waals surface area contributed by atoms with Crippen molar-refractivity contribution in [3.05, 3.63) is 28.8 Å². The number of rotatable bonds is 3. The molecule has 2 fully saturated rings. The summed E-state index contributed by atoms with van der Waals surface area (Å²) in [7, 11) is 0. The number of nitrogens with one attached hydrogen (secondary N) is 1. The Morgan fingerprint density at radius 2 is 2.09 bits per heavy atom. The summed E-state index contributed by atoms with van der Waals surface area (Å²) in [6, 6.07) is 5.39. The van der Waals surface area contributed by atoms with Gasteiger partial charge in [0.2, 0.25) is 11.8 Å². The normalized spacial score (nSPS) is 26.7. The van der Waals surface area contributed by atoms with E-state index >= 15 is 0 Å². The minimum Gasteiger partial charge on any atom is -0.342 e. The molecule has 3 atom stereocenters. The molecule has 0 bridgehead atoms. The number of aryl methyl sites for hydroxylation is 1. The number of nitrogens with zero attached hydrogens (tertiary/aromatic N) is 1. The number of piperidine rings is 1. The van der Waals surface area contributed by atoms with E-state index in [1.54, 1.807) is 12.1 Å². The molecule has 1 aliphatic heterocycles. The van der Waals surface area contributed by atoms with Gasteiger partial charge in [-0.2, -0.15) is 0 Å². The molecule has 1 aromatic rings. The zero-order valence-corrected chi connectivity index (χ0v) is 14.4. The standard InChI is InChI=1S/C18H23ClN2O2/c1-11-4-3-7-21(10-11)18(23)15-9-14(15)17(22)20-16-6-5-13(19)8-12(16)2/h5-6,8,11,14-15H,3-4,7,9-10H2,1-2H3,(H,20,22). The molecule has 5 heteroatoms. The van der Waals surface area contributed by atoms with Crippen LogP contribution >= 0.6 is 11.6 Å². The minimum atomic E-state index is -0.185. The summed E-state index contributed by atoms with van der Waals surface area (Å²) in [6.07, 6.45) is 2.93. The molecule has 1 saturated heterocycles. The summed E-state index contributed by atoms with van der Waals surface area (Å²) in [5.41, 5.74) is 1.70. The fraction of sp³-hybridized carbons (Fsp3) is 0.556. The summed E-state index contributed by atoms with van der Waals surface area (Å²) in [6.45, 7) is 5.76. The molecule has 0 aromatic heterocycles. The quantitative estimate of drug-likeness (QED) is 0.920. The predicted octanol–water partition coefficient (Wildman–Crippen LogP) is 3.48. The molecule has 124 valence electrons. The lowest BCUT2D eigenvalue weighted by molar-refractivity contribution is -0.135. The first-order valence-electron chi connectivity index (χ1n) is 8.31. The maximum atomic E-state index is 12.5. The lowest BCUT2D eigenvalue weighted by atomic mass is 10.00. The molecule has 1 aromatic carbocycles. The highest BCUT2D eigenvalue weighted by Crippen LogP contribution is 2.41. The van der Waals surface area contributed by atoms with E-state index in [1.807, 2.05) is 17.9 Å². The molecule has 0 radical (unpaired) electrons. The van der Waals surface area contributed by atoms with Gasteiger partial charge >= 0.3 is 0 Å². The monoisotopic (exact) mass is 334 g/mol. The Morgan fingerprint density at radius 1 is 1.30 bits per heavy atom. The van der Waals surface area contributed by atoms with Crippen molar-refractivity contribution >= 4 is 29.1 Å². The van der Waals surface area contributed by atoms with E-state index in [-0.39, 0.29) is 23.7 Å². The van der Waals surface area contributed by atoms with Gasteiger partial charge in [0.1, 0.15) is 0 Å². The topological polar surface area (TPSA) is 49.4 Å². The molecular formula is C18H23ClN2O2. The van der Waals surface area contributed by atoms with Gasteiger partial charge in [-0.25, -0.2) is 0 Å². The molecule has 23 heavy (non-hydrogen) atoms. The Labute approximate surface area is 142 Å². The Bertz CT molecular complexity index is 631. The van der Waals surface area contributed by atoms with Gasteiger partial charge in [-0.05, 0) is 55.9 Å². The smallest absolute Gasteiger partial charge is 0.228 e. The second-order valence-electron chi connectivity index (χ2n) is 6.93. The van der Waals surface area contributed by atoms with Crippen molar-refractivity contribution in [2.45, 2.75) is 33.1 Å².